The number of hydrogen-bond donors (Lipinski definition) is 2. The summed E-state index contributed by atoms with van der Waals surface area (Å²) in [7, 11) is 0. The molecular weight excluding hydrogens is 284 g/mol. The fourth-order valence-corrected chi connectivity index (χ4v) is 2.84. The van der Waals surface area contributed by atoms with E-state index in [0.717, 1.165) is 11.8 Å². The van der Waals surface area contributed by atoms with Crippen LogP contribution in [0.4, 0.5) is 11.4 Å². The van der Waals surface area contributed by atoms with Crippen LogP contribution in [-0.2, 0) is 16.0 Å². The third-order valence-electron chi connectivity index (χ3n) is 2.89. The summed E-state index contributed by atoms with van der Waals surface area (Å²) >= 11 is 0.884. The van der Waals surface area contributed by atoms with Gasteiger partial charge >= 0.3 is 5.97 Å². The summed E-state index contributed by atoms with van der Waals surface area (Å²) in [5.41, 5.74) is 0.878. The van der Waals surface area contributed by atoms with Gasteiger partial charge in [-0.3, -0.25) is 19.7 Å². The number of rotatable bonds is 4. The maximum Gasteiger partial charge on any atom is 0.319 e. The average molecular weight is 296 g/mol. The van der Waals surface area contributed by atoms with Gasteiger partial charge < -0.3 is 10.4 Å². The zero-order chi connectivity index (χ0) is 15.1. The predicted molar refractivity (Wildman–Crippen MR) is 73.0 cm³/mol. The topological polar surface area (TPSA) is 110 Å². The van der Waals surface area contributed by atoms with E-state index in [0.29, 0.717) is 11.3 Å². The molecule has 8 heteroatoms. The second kappa shape index (κ2) is 4.78. The summed E-state index contributed by atoms with van der Waals surface area (Å²) in [4.78, 5) is 33.2. The van der Waals surface area contributed by atoms with Gasteiger partial charge in [-0.05, 0) is 25.5 Å². The molecule has 2 rings (SSSR count). The normalized spacial score (nSPS) is 13.8. The Labute approximate surface area is 118 Å². The first-order chi connectivity index (χ1) is 9.20. The highest BCUT2D eigenvalue weighted by molar-refractivity contribution is 8.01. The molecule has 0 fully saturated rings. The first kappa shape index (κ1) is 14.3. The summed E-state index contributed by atoms with van der Waals surface area (Å²) in [5.74, 6) is -1.30. The van der Waals surface area contributed by atoms with Crippen LogP contribution in [0.1, 0.15) is 19.4 Å². The largest absolute Gasteiger partial charge is 0.480 e. The molecule has 0 radical (unpaired) electrons. The van der Waals surface area contributed by atoms with Gasteiger partial charge in [-0.25, -0.2) is 0 Å². The second-order valence-corrected chi connectivity index (χ2v) is 6.54. The molecule has 1 aromatic carbocycles. The molecule has 1 aliphatic heterocycles. The van der Waals surface area contributed by atoms with Crippen LogP contribution in [0, 0.1) is 10.1 Å². The minimum Gasteiger partial charge on any atom is -0.480 e. The summed E-state index contributed by atoms with van der Waals surface area (Å²) in [6.07, 6.45) is 0.101. The van der Waals surface area contributed by atoms with Crippen LogP contribution in [0.3, 0.4) is 0 Å². The van der Waals surface area contributed by atoms with Crippen LogP contribution < -0.4 is 5.32 Å². The van der Waals surface area contributed by atoms with E-state index >= 15 is 0 Å². The number of carbonyl (C=O) groups excluding carboxylic acids is 1. The highest BCUT2D eigenvalue weighted by atomic mass is 32.2. The maximum absolute atomic E-state index is 11.3. The fraction of sp³-hybridized carbons (Fsp3) is 0.333. The van der Waals surface area contributed by atoms with Crippen molar-refractivity contribution >= 4 is 35.0 Å². The molecule has 1 heterocycles. The van der Waals surface area contributed by atoms with Gasteiger partial charge in [0.25, 0.3) is 5.69 Å². The van der Waals surface area contributed by atoms with Gasteiger partial charge in [-0.2, -0.15) is 0 Å². The number of nitro groups is 1. The van der Waals surface area contributed by atoms with E-state index < -0.39 is 15.6 Å². The van der Waals surface area contributed by atoms with Crippen LogP contribution in [-0.4, -0.2) is 26.7 Å². The van der Waals surface area contributed by atoms with E-state index in [9.17, 15) is 19.7 Å². The molecule has 0 spiro atoms. The lowest BCUT2D eigenvalue weighted by molar-refractivity contribution is -0.387. The smallest absolute Gasteiger partial charge is 0.319 e. The van der Waals surface area contributed by atoms with Gasteiger partial charge in [0.1, 0.15) is 4.75 Å². The number of carbonyl (C=O) groups is 2. The number of nitrogens with one attached hydrogen (secondary N) is 1. The number of anilines is 1. The van der Waals surface area contributed by atoms with Crippen molar-refractivity contribution in [3.05, 3.63) is 27.8 Å². The SMILES string of the molecule is CC(C)(Sc1cc2c(cc1[N+](=O)[O-])CC(=O)N2)C(=O)O. The Hall–Kier alpha value is -2.09. The molecule has 0 unspecified atom stereocenters. The van der Waals surface area contributed by atoms with Crippen molar-refractivity contribution in [2.24, 2.45) is 0 Å². The van der Waals surface area contributed by atoms with E-state index in [1.165, 1.54) is 26.0 Å². The Morgan fingerprint density at radius 2 is 2.15 bits per heavy atom. The van der Waals surface area contributed by atoms with Crippen LogP contribution in [0.25, 0.3) is 0 Å². The summed E-state index contributed by atoms with van der Waals surface area (Å²) in [5, 5.41) is 22.8. The maximum atomic E-state index is 11.3. The molecule has 20 heavy (non-hydrogen) atoms. The van der Waals surface area contributed by atoms with E-state index in [-0.39, 0.29) is 22.9 Å². The predicted octanol–water partition coefficient (Wildman–Crippen LogP) is 2.04. The Morgan fingerprint density at radius 1 is 1.50 bits per heavy atom. The number of amides is 1. The number of hydrogen-bond acceptors (Lipinski definition) is 5. The second-order valence-electron chi connectivity index (χ2n) is 4.88. The van der Waals surface area contributed by atoms with Crippen molar-refractivity contribution in [1.82, 2.24) is 0 Å². The van der Waals surface area contributed by atoms with Crippen molar-refractivity contribution < 1.29 is 19.6 Å². The molecule has 0 aromatic heterocycles. The molecular formula is C12H12N2O5S. The quantitative estimate of drug-likeness (QED) is 0.500. The molecule has 7 nitrogen and oxygen atoms in total. The Morgan fingerprint density at radius 3 is 2.70 bits per heavy atom. The first-order valence-corrected chi connectivity index (χ1v) is 6.56. The zero-order valence-corrected chi connectivity index (χ0v) is 11.6. The first-order valence-electron chi connectivity index (χ1n) is 5.74. The van der Waals surface area contributed by atoms with Gasteiger partial charge in [0.05, 0.1) is 16.2 Å². The van der Waals surface area contributed by atoms with Crippen LogP contribution in [0.5, 0.6) is 0 Å². The lowest BCUT2D eigenvalue weighted by Gasteiger charge is -2.18. The number of nitro benzene ring substituents is 1. The number of benzene rings is 1. The highest BCUT2D eigenvalue weighted by Gasteiger charge is 2.33. The molecule has 0 atom stereocenters. The third-order valence-corrected chi connectivity index (χ3v) is 4.12. The minimum atomic E-state index is -1.21. The number of aliphatic carboxylic acids is 1. The summed E-state index contributed by atoms with van der Waals surface area (Å²) < 4.78 is -1.21. The molecule has 0 saturated heterocycles. The van der Waals surface area contributed by atoms with E-state index in [2.05, 4.69) is 5.32 Å². The van der Waals surface area contributed by atoms with Gasteiger partial charge in [0, 0.05) is 11.8 Å². The molecule has 2 N–H and O–H groups in total. The monoisotopic (exact) mass is 296 g/mol. The van der Waals surface area contributed by atoms with Crippen molar-refractivity contribution in [3.8, 4) is 0 Å². The summed E-state index contributed by atoms with van der Waals surface area (Å²) in [6.45, 7) is 2.94. The number of carboxylic acids is 1. The van der Waals surface area contributed by atoms with Gasteiger partial charge in [-0.15, -0.1) is 11.8 Å². The van der Waals surface area contributed by atoms with Crippen molar-refractivity contribution in [2.45, 2.75) is 29.9 Å². The molecule has 1 amide bonds. The molecule has 0 saturated carbocycles. The Balaban J connectivity index is 2.47. The highest BCUT2D eigenvalue weighted by Crippen LogP contribution is 2.42. The molecule has 0 bridgehead atoms. The number of fused-ring (bicyclic) bond motifs is 1. The van der Waals surface area contributed by atoms with E-state index in [1.54, 1.807) is 0 Å². The third kappa shape index (κ3) is 2.60. The minimum absolute atomic E-state index is 0.101. The van der Waals surface area contributed by atoms with Crippen LogP contribution >= 0.6 is 11.8 Å². The molecule has 1 aliphatic rings. The molecule has 1 aromatic rings. The van der Waals surface area contributed by atoms with Crippen molar-refractivity contribution in [1.29, 1.82) is 0 Å². The lowest BCUT2D eigenvalue weighted by Crippen LogP contribution is -2.27. The van der Waals surface area contributed by atoms with Crippen LogP contribution in [0.2, 0.25) is 0 Å². The van der Waals surface area contributed by atoms with Gasteiger partial charge in [-0.1, -0.05) is 0 Å². The van der Waals surface area contributed by atoms with E-state index in [4.69, 9.17) is 5.11 Å². The van der Waals surface area contributed by atoms with Gasteiger partial charge in [0.15, 0.2) is 0 Å². The number of nitrogens with zero attached hydrogens (tertiary/aromatic N) is 1. The van der Waals surface area contributed by atoms with Crippen molar-refractivity contribution in [2.75, 3.05) is 5.32 Å². The summed E-state index contributed by atoms with van der Waals surface area (Å²) in [6, 6.07) is 2.79. The van der Waals surface area contributed by atoms with E-state index in [1.807, 2.05) is 0 Å². The average Bonchev–Trinajstić information content (AvgIpc) is 2.66. The Bertz CT molecular complexity index is 627. The number of thioether (sulfide) groups is 1. The fourth-order valence-electron chi connectivity index (χ4n) is 1.78. The molecule has 0 aliphatic carbocycles. The van der Waals surface area contributed by atoms with Crippen LogP contribution in [0.15, 0.2) is 17.0 Å². The standard InChI is InChI=1S/C12H12N2O5S/c1-12(2,11(16)17)20-9-5-7-6(4-10(15)13-7)3-8(9)14(18)19/h3,5H,4H2,1-2H3,(H,13,15)(H,16,17). The van der Waals surface area contributed by atoms with Crippen molar-refractivity contribution in [3.63, 3.8) is 0 Å². The lowest BCUT2D eigenvalue weighted by atomic mass is 10.1. The number of carboxylic acid groups (broad SMARTS) is 1. The molecule has 106 valence electrons. The van der Waals surface area contributed by atoms with Gasteiger partial charge in [0.2, 0.25) is 5.91 Å². The Kier molecular flexibility index (Phi) is 3.43. The zero-order valence-electron chi connectivity index (χ0n) is 10.8.